The molecular weight excluding hydrogens is 459 g/mol. The Morgan fingerprint density at radius 2 is 1.94 bits per heavy atom. The fraction of sp³-hybridized carbons (Fsp3) is 0.333. The zero-order valence-electron chi connectivity index (χ0n) is 18.6. The number of nitrogens with zero attached hydrogens (tertiary/aromatic N) is 1. The number of aromatic nitrogens is 1. The number of ether oxygens (including phenoxy) is 2. The van der Waals surface area contributed by atoms with Gasteiger partial charge in [0.15, 0.2) is 0 Å². The average molecular weight is 481 g/mol. The first-order valence-electron chi connectivity index (χ1n) is 11.6. The lowest BCUT2D eigenvalue weighted by atomic mass is 9.83. The van der Waals surface area contributed by atoms with Gasteiger partial charge in [-0.2, -0.15) is 13.2 Å². The highest BCUT2D eigenvalue weighted by atomic mass is 19.4. The van der Waals surface area contributed by atoms with Gasteiger partial charge >= 0.3 is 12.1 Å². The molecule has 2 aliphatic carbocycles. The zero-order valence-corrected chi connectivity index (χ0v) is 18.6. The molecule has 1 aromatic heterocycles. The van der Waals surface area contributed by atoms with Gasteiger partial charge in [-0.3, -0.25) is 4.79 Å². The van der Waals surface area contributed by atoms with Crippen molar-refractivity contribution in [3.05, 3.63) is 88.1 Å². The molecule has 0 amide bonds. The molecule has 3 aliphatic rings. The second-order valence-electron chi connectivity index (χ2n) is 9.41. The van der Waals surface area contributed by atoms with Crippen molar-refractivity contribution in [1.82, 2.24) is 4.98 Å². The van der Waals surface area contributed by atoms with E-state index in [1.165, 1.54) is 6.07 Å². The average Bonchev–Trinajstić information content (AvgIpc) is 3.44. The van der Waals surface area contributed by atoms with E-state index in [2.05, 4.69) is 4.98 Å². The lowest BCUT2D eigenvalue weighted by Gasteiger charge is -2.28. The third-order valence-electron chi connectivity index (χ3n) is 7.41. The van der Waals surface area contributed by atoms with Gasteiger partial charge < -0.3 is 14.6 Å². The first-order chi connectivity index (χ1) is 16.8. The lowest BCUT2D eigenvalue weighted by molar-refractivity contribution is -0.139. The molecule has 1 N–H and O–H groups in total. The molecule has 0 bridgehead atoms. The van der Waals surface area contributed by atoms with Gasteiger partial charge in [-0.1, -0.05) is 24.3 Å². The first-order valence-corrected chi connectivity index (χ1v) is 11.6. The van der Waals surface area contributed by atoms with Crippen molar-refractivity contribution in [2.45, 2.75) is 37.5 Å². The molecule has 4 unspecified atom stereocenters. The topological polar surface area (TPSA) is 68.7 Å². The van der Waals surface area contributed by atoms with Gasteiger partial charge in [0.05, 0.1) is 18.1 Å². The standard InChI is InChI=1S/C27H22F3NO4/c28-27(29,30)21-4-2-1-3-17(21)16-7-8-34-22-6-5-14(9-18(16)22)13-35-23-11-15-10-19-24(20(15)12-31-23)25(19)26(32)33/h1-6,9,11-12,16,19,24-25H,7-8,10,13H2,(H,32,33). The van der Waals surface area contributed by atoms with Crippen LogP contribution in [0.5, 0.6) is 11.6 Å². The van der Waals surface area contributed by atoms with Crippen molar-refractivity contribution in [1.29, 1.82) is 0 Å². The molecule has 5 nitrogen and oxygen atoms in total. The Labute approximate surface area is 199 Å². The minimum Gasteiger partial charge on any atom is -0.493 e. The summed E-state index contributed by atoms with van der Waals surface area (Å²) in [6.45, 7) is 0.556. The zero-order chi connectivity index (χ0) is 24.3. The Bertz CT molecular complexity index is 1320. The molecule has 0 saturated heterocycles. The highest BCUT2D eigenvalue weighted by Crippen LogP contribution is 2.61. The number of hydrogen-bond acceptors (Lipinski definition) is 4. The van der Waals surface area contributed by atoms with Gasteiger partial charge in [0.25, 0.3) is 0 Å². The van der Waals surface area contributed by atoms with Gasteiger partial charge in [0.1, 0.15) is 12.4 Å². The second kappa shape index (κ2) is 8.00. The van der Waals surface area contributed by atoms with Crippen LogP contribution in [0.15, 0.2) is 54.7 Å². The molecule has 1 fully saturated rings. The van der Waals surface area contributed by atoms with Crippen LogP contribution in [0.25, 0.3) is 0 Å². The molecule has 180 valence electrons. The van der Waals surface area contributed by atoms with Crippen molar-refractivity contribution < 1.29 is 32.5 Å². The number of carboxylic acids is 1. The number of carboxylic acid groups (broad SMARTS) is 1. The second-order valence-corrected chi connectivity index (χ2v) is 9.41. The summed E-state index contributed by atoms with van der Waals surface area (Å²) in [5.41, 5.74) is 3.22. The van der Waals surface area contributed by atoms with Crippen molar-refractivity contribution in [3.8, 4) is 11.6 Å². The number of halogens is 3. The predicted octanol–water partition coefficient (Wildman–Crippen LogP) is 5.56. The summed E-state index contributed by atoms with van der Waals surface area (Å²) >= 11 is 0. The fourth-order valence-corrected chi connectivity index (χ4v) is 5.76. The van der Waals surface area contributed by atoms with Gasteiger partial charge in [0, 0.05) is 29.7 Å². The summed E-state index contributed by atoms with van der Waals surface area (Å²) in [7, 11) is 0. The number of fused-ring (bicyclic) bond motifs is 4. The van der Waals surface area contributed by atoms with Crippen LogP contribution >= 0.6 is 0 Å². The summed E-state index contributed by atoms with van der Waals surface area (Å²) in [5, 5.41) is 9.27. The van der Waals surface area contributed by atoms with Crippen LogP contribution in [-0.4, -0.2) is 22.7 Å². The Morgan fingerprint density at radius 1 is 1.11 bits per heavy atom. The van der Waals surface area contributed by atoms with E-state index in [9.17, 15) is 23.1 Å². The predicted molar refractivity (Wildman–Crippen MR) is 119 cm³/mol. The number of carbonyl (C=O) groups is 1. The van der Waals surface area contributed by atoms with Crippen LogP contribution in [0, 0.1) is 11.8 Å². The Balaban J connectivity index is 1.22. The van der Waals surface area contributed by atoms with Gasteiger partial charge in [-0.05, 0) is 59.2 Å². The summed E-state index contributed by atoms with van der Waals surface area (Å²) in [6.07, 6.45) is -1.55. The normalized spacial score (nSPS) is 24.1. The molecule has 2 aromatic carbocycles. The SMILES string of the molecule is O=C(O)C1C2Cc3cc(OCc4ccc5c(c4)C(c4ccccc4C(F)(F)F)CCO5)ncc3C21. The van der Waals surface area contributed by atoms with Crippen molar-refractivity contribution in [2.75, 3.05) is 6.61 Å². The maximum atomic E-state index is 13.7. The molecule has 1 aliphatic heterocycles. The van der Waals surface area contributed by atoms with E-state index < -0.39 is 23.6 Å². The molecule has 0 radical (unpaired) electrons. The van der Waals surface area contributed by atoms with Gasteiger partial charge in [-0.15, -0.1) is 0 Å². The molecule has 4 atom stereocenters. The number of pyridine rings is 1. The maximum Gasteiger partial charge on any atom is 0.416 e. The van der Waals surface area contributed by atoms with E-state index >= 15 is 0 Å². The Morgan fingerprint density at radius 3 is 2.74 bits per heavy atom. The molecule has 6 rings (SSSR count). The van der Waals surface area contributed by atoms with Crippen LogP contribution in [0.4, 0.5) is 13.2 Å². The van der Waals surface area contributed by atoms with E-state index in [4.69, 9.17) is 9.47 Å². The minimum atomic E-state index is -4.43. The van der Waals surface area contributed by atoms with E-state index in [1.807, 2.05) is 18.2 Å². The Hall–Kier alpha value is -3.55. The quantitative estimate of drug-likeness (QED) is 0.517. The van der Waals surface area contributed by atoms with Crippen molar-refractivity contribution in [3.63, 3.8) is 0 Å². The smallest absolute Gasteiger partial charge is 0.416 e. The Kier molecular flexibility index (Phi) is 5.02. The van der Waals surface area contributed by atoms with Gasteiger partial charge in [0.2, 0.25) is 5.88 Å². The number of alkyl halides is 3. The third-order valence-corrected chi connectivity index (χ3v) is 7.41. The van der Waals surface area contributed by atoms with Crippen molar-refractivity contribution in [2.24, 2.45) is 11.8 Å². The van der Waals surface area contributed by atoms with Gasteiger partial charge in [-0.25, -0.2) is 4.98 Å². The third kappa shape index (κ3) is 3.81. The van der Waals surface area contributed by atoms with Crippen molar-refractivity contribution >= 4 is 5.97 Å². The number of rotatable bonds is 5. The molecule has 3 aromatic rings. The van der Waals surface area contributed by atoms with Crippen LogP contribution in [0.1, 0.15) is 51.6 Å². The molecule has 0 spiro atoms. The monoisotopic (exact) mass is 481 g/mol. The first kappa shape index (κ1) is 21.9. The number of benzene rings is 2. The number of hydrogen-bond donors (Lipinski definition) is 1. The van der Waals surface area contributed by atoms with E-state index in [-0.39, 0.29) is 29.9 Å². The highest BCUT2D eigenvalue weighted by Gasteiger charge is 2.59. The minimum absolute atomic E-state index is 0.0567. The molecule has 8 heteroatoms. The van der Waals surface area contributed by atoms with E-state index in [0.29, 0.717) is 31.1 Å². The molecule has 2 heterocycles. The lowest BCUT2D eigenvalue weighted by Crippen LogP contribution is -2.19. The summed E-state index contributed by atoms with van der Waals surface area (Å²) in [4.78, 5) is 15.6. The number of aliphatic carboxylic acids is 1. The maximum absolute atomic E-state index is 13.7. The largest absolute Gasteiger partial charge is 0.493 e. The van der Waals surface area contributed by atoms with E-state index in [1.54, 1.807) is 24.4 Å². The van der Waals surface area contributed by atoms with Crippen LogP contribution in [0.2, 0.25) is 0 Å². The molecular formula is C27H22F3NO4. The summed E-state index contributed by atoms with van der Waals surface area (Å²) in [6, 6.07) is 13.1. The van der Waals surface area contributed by atoms with Crippen LogP contribution < -0.4 is 9.47 Å². The van der Waals surface area contributed by atoms with Crippen LogP contribution in [0.3, 0.4) is 0 Å². The van der Waals surface area contributed by atoms with E-state index in [0.717, 1.165) is 28.3 Å². The summed E-state index contributed by atoms with van der Waals surface area (Å²) < 4.78 is 52.6. The summed E-state index contributed by atoms with van der Waals surface area (Å²) in [5.74, 6) is -0.237. The van der Waals surface area contributed by atoms with Crippen LogP contribution in [-0.2, 0) is 24.0 Å². The fourth-order valence-electron chi connectivity index (χ4n) is 5.76. The molecule has 35 heavy (non-hydrogen) atoms. The molecule has 1 saturated carbocycles. The highest BCUT2D eigenvalue weighted by molar-refractivity contribution is 5.77.